The quantitative estimate of drug-likeness (QED) is 0.793. The molecule has 5 heteroatoms. The summed E-state index contributed by atoms with van der Waals surface area (Å²) >= 11 is 0. The molecule has 2 amide bonds. The van der Waals surface area contributed by atoms with E-state index < -0.39 is 5.41 Å². The third kappa shape index (κ3) is 3.22. The highest BCUT2D eigenvalue weighted by Gasteiger charge is 2.40. The summed E-state index contributed by atoms with van der Waals surface area (Å²) in [6, 6.07) is 0. The second kappa shape index (κ2) is 6.18. The van der Waals surface area contributed by atoms with Gasteiger partial charge in [0.15, 0.2) is 0 Å². The van der Waals surface area contributed by atoms with Gasteiger partial charge in [0, 0.05) is 27.7 Å². The van der Waals surface area contributed by atoms with Gasteiger partial charge < -0.3 is 15.5 Å². The number of carbonyl (C=O) groups excluding carboxylic acids is 2. The highest BCUT2D eigenvalue weighted by Crippen LogP contribution is 2.36. The molecular formula is C13H25N3O2. The number of nitrogens with zero attached hydrogens (tertiary/aromatic N) is 2. The van der Waals surface area contributed by atoms with Gasteiger partial charge in [0.1, 0.15) is 0 Å². The van der Waals surface area contributed by atoms with Crippen LogP contribution in [0.2, 0.25) is 0 Å². The molecule has 104 valence electrons. The van der Waals surface area contributed by atoms with Crippen LogP contribution in [0.15, 0.2) is 0 Å². The molecule has 0 atom stereocenters. The van der Waals surface area contributed by atoms with Crippen LogP contribution in [0.5, 0.6) is 0 Å². The molecule has 1 saturated carbocycles. The molecule has 5 nitrogen and oxygen atoms in total. The number of nitrogens with two attached hydrogens (primary N) is 1. The molecular weight excluding hydrogens is 230 g/mol. The van der Waals surface area contributed by atoms with Crippen LogP contribution in [-0.2, 0) is 9.59 Å². The predicted octanol–water partition coefficient (Wildman–Crippen LogP) is 0.442. The van der Waals surface area contributed by atoms with Crippen molar-refractivity contribution in [2.45, 2.75) is 32.1 Å². The van der Waals surface area contributed by atoms with Crippen molar-refractivity contribution in [2.75, 3.05) is 34.2 Å². The first-order valence-electron chi connectivity index (χ1n) is 6.59. The van der Waals surface area contributed by atoms with Crippen molar-refractivity contribution in [3.63, 3.8) is 0 Å². The summed E-state index contributed by atoms with van der Waals surface area (Å²) in [5.41, 5.74) is 5.39. The Balaban J connectivity index is 2.68. The minimum Gasteiger partial charge on any atom is -0.347 e. The number of hydrogen-bond donors (Lipinski definition) is 1. The number of carbonyl (C=O) groups is 2. The molecule has 18 heavy (non-hydrogen) atoms. The summed E-state index contributed by atoms with van der Waals surface area (Å²) in [7, 11) is 5.08. The largest absolute Gasteiger partial charge is 0.347 e. The first-order chi connectivity index (χ1) is 8.43. The Labute approximate surface area is 109 Å². The molecule has 1 fully saturated rings. The molecule has 0 radical (unpaired) electrons. The number of likely N-dealkylation sites (N-methyl/N-ethyl adjacent to an activating group) is 2. The zero-order valence-electron chi connectivity index (χ0n) is 11.7. The van der Waals surface area contributed by atoms with Crippen molar-refractivity contribution in [3.8, 4) is 0 Å². The van der Waals surface area contributed by atoms with Crippen molar-refractivity contribution < 1.29 is 9.59 Å². The van der Waals surface area contributed by atoms with Crippen LogP contribution in [0.25, 0.3) is 0 Å². The van der Waals surface area contributed by atoms with Crippen molar-refractivity contribution in [1.82, 2.24) is 9.80 Å². The van der Waals surface area contributed by atoms with Gasteiger partial charge in [0.2, 0.25) is 11.8 Å². The average Bonchev–Trinajstić information content (AvgIpc) is 2.38. The first kappa shape index (κ1) is 15.0. The van der Waals surface area contributed by atoms with E-state index in [2.05, 4.69) is 0 Å². The fourth-order valence-electron chi connectivity index (χ4n) is 2.55. The third-order valence-electron chi connectivity index (χ3n) is 3.87. The Morgan fingerprint density at radius 2 is 1.67 bits per heavy atom. The van der Waals surface area contributed by atoms with Gasteiger partial charge in [-0.15, -0.1) is 0 Å². The van der Waals surface area contributed by atoms with Crippen LogP contribution >= 0.6 is 0 Å². The summed E-state index contributed by atoms with van der Waals surface area (Å²) in [6.45, 7) is 0.514. The highest BCUT2D eigenvalue weighted by atomic mass is 16.2. The van der Waals surface area contributed by atoms with E-state index in [1.165, 1.54) is 16.2 Å². The van der Waals surface area contributed by atoms with Crippen molar-refractivity contribution >= 4 is 11.8 Å². The zero-order valence-corrected chi connectivity index (χ0v) is 11.7. The molecule has 2 N–H and O–H groups in total. The Kier molecular flexibility index (Phi) is 5.14. The van der Waals surface area contributed by atoms with Crippen LogP contribution in [0.4, 0.5) is 0 Å². The van der Waals surface area contributed by atoms with Gasteiger partial charge in [-0.25, -0.2) is 0 Å². The maximum Gasteiger partial charge on any atom is 0.241 e. The van der Waals surface area contributed by atoms with Crippen LogP contribution in [-0.4, -0.2) is 55.8 Å². The van der Waals surface area contributed by atoms with Crippen LogP contribution in [0.1, 0.15) is 32.1 Å². The molecule has 0 spiro atoms. The third-order valence-corrected chi connectivity index (χ3v) is 3.87. The van der Waals surface area contributed by atoms with Crippen LogP contribution in [0.3, 0.4) is 0 Å². The van der Waals surface area contributed by atoms with E-state index in [1.807, 2.05) is 0 Å². The molecule has 1 rings (SSSR count). The number of amides is 2. The van der Waals surface area contributed by atoms with Crippen molar-refractivity contribution in [1.29, 1.82) is 0 Å². The maximum atomic E-state index is 12.5. The molecule has 0 bridgehead atoms. The summed E-state index contributed by atoms with van der Waals surface area (Å²) in [6.07, 6.45) is 4.98. The Morgan fingerprint density at radius 1 is 1.11 bits per heavy atom. The number of rotatable bonds is 4. The predicted molar refractivity (Wildman–Crippen MR) is 70.9 cm³/mol. The molecule has 0 aromatic carbocycles. The fraction of sp³-hybridized carbons (Fsp3) is 0.846. The topological polar surface area (TPSA) is 66.6 Å². The van der Waals surface area contributed by atoms with E-state index in [0.717, 1.165) is 25.7 Å². The lowest BCUT2D eigenvalue weighted by Gasteiger charge is -2.37. The fourth-order valence-corrected chi connectivity index (χ4v) is 2.55. The van der Waals surface area contributed by atoms with E-state index in [4.69, 9.17) is 5.73 Å². The van der Waals surface area contributed by atoms with Gasteiger partial charge >= 0.3 is 0 Å². The van der Waals surface area contributed by atoms with Crippen LogP contribution < -0.4 is 5.73 Å². The maximum absolute atomic E-state index is 12.5. The number of hydrogen-bond acceptors (Lipinski definition) is 3. The minimum absolute atomic E-state index is 0.0277. The van der Waals surface area contributed by atoms with Gasteiger partial charge in [0.25, 0.3) is 0 Å². The van der Waals surface area contributed by atoms with Gasteiger partial charge in [0.05, 0.1) is 12.0 Å². The Morgan fingerprint density at radius 3 is 2.11 bits per heavy atom. The standard InChI is InChI=1S/C13H25N3O2/c1-15(2)11(17)9-16(3)12(18)13(10-14)7-5-4-6-8-13/h4-10,14H2,1-3H3. The van der Waals surface area contributed by atoms with Gasteiger partial charge in [-0.2, -0.15) is 0 Å². The molecule has 0 heterocycles. The van der Waals surface area contributed by atoms with Gasteiger partial charge in [-0.3, -0.25) is 9.59 Å². The van der Waals surface area contributed by atoms with Crippen molar-refractivity contribution in [3.05, 3.63) is 0 Å². The van der Waals surface area contributed by atoms with Crippen molar-refractivity contribution in [2.24, 2.45) is 11.1 Å². The summed E-state index contributed by atoms with van der Waals surface area (Å²) < 4.78 is 0. The lowest BCUT2D eigenvalue weighted by Crippen LogP contribution is -2.50. The second-order valence-electron chi connectivity index (χ2n) is 5.49. The Hall–Kier alpha value is -1.10. The summed E-state index contributed by atoms with van der Waals surface area (Å²) in [5, 5.41) is 0. The van der Waals surface area contributed by atoms with E-state index in [1.54, 1.807) is 21.1 Å². The van der Waals surface area contributed by atoms with E-state index >= 15 is 0 Å². The lowest BCUT2D eigenvalue weighted by atomic mass is 9.73. The lowest BCUT2D eigenvalue weighted by molar-refractivity contribution is -0.146. The normalized spacial score (nSPS) is 18.2. The van der Waals surface area contributed by atoms with E-state index in [-0.39, 0.29) is 18.4 Å². The summed E-state index contributed by atoms with van der Waals surface area (Å²) in [4.78, 5) is 27.1. The summed E-state index contributed by atoms with van der Waals surface area (Å²) in [5.74, 6) is -0.0336. The molecule has 0 aromatic heterocycles. The molecule has 0 unspecified atom stereocenters. The second-order valence-corrected chi connectivity index (χ2v) is 5.49. The molecule has 1 aliphatic rings. The SMILES string of the molecule is CN(C)C(=O)CN(C)C(=O)C1(CN)CCCCC1. The minimum atomic E-state index is -0.431. The van der Waals surface area contributed by atoms with E-state index in [9.17, 15) is 9.59 Å². The monoisotopic (exact) mass is 255 g/mol. The zero-order chi connectivity index (χ0) is 13.8. The van der Waals surface area contributed by atoms with Gasteiger partial charge in [-0.1, -0.05) is 19.3 Å². The van der Waals surface area contributed by atoms with E-state index in [0.29, 0.717) is 6.54 Å². The Bertz CT molecular complexity index is 309. The molecule has 0 aromatic rings. The highest BCUT2D eigenvalue weighted by molar-refractivity contribution is 5.87. The molecule has 1 aliphatic carbocycles. The van der Waals surface area contributed by atoms with Crippen LogP contribution in [0, 0.1) is 5.41 Å². The average molecular weight is 255 g/mol. The van der Waals surface area contributed by atoms with Gasteiger partial charge in [-0.05, 0) is 12.8 Å². The smallest absolute Gasteiger partial charge is 0.241 e. The molecule has 0 aliphatic heterocycles. The first-order valence-corrected chi connectivity index (χ1v) is 6.59. The molecule has 0 saturated heterocycles.